The van der Waals surface area contributed by atoms with Crippen molar-refractivity contribution in [2.24, 2.45) is 0 Å². The number of rotatable bonds is 5. The van der Waals surface area contributed by atoms with Crippen molar-refractivity contribution in [2.75, 3.05) is 12.4 Å². The van der Waals surface area contributed by atoms with Crippen LogP contribution in [0.4, 0.5) is 5.69 Å². The Morgan fingerprint density at radius 1 is 1.26 bits per heavy atom. The fraction of sp³-hybridized carbons (Fsp3) is 0.429. The summed E-state index contributed by atoms with van der Waals surface area (Å²) < 4.78 is 0. The Kier molecular flexibility index (Phi) is 4.04. The molecular weight excluding hydrogens is 242 g/mol. The van der Waals surface area contributed by atoms with E-state index in [0.29, 0.717) is 11.6 Å². The van der Waals surface area contributed by atoms with Crippen LogP contribution in [-0.4, -0.2) is 30.9 Å². The van der Waals surface area contributed by atoms with Crippen LogP contribution in [0.1, 0.15) is 30.1 Å². The Morgan fingerprint density at radius 3 is 2.58 bits per heavy atom. The van der Waals surface area contributed by atoms with Crippen LogP contribution in [0.25, 0.3) is 0 Å². The number of para-hydroxylation sites is 1. The molecule has 2 rings (SSSR count). The lowest BCUT2D eigenvalue weighted by Crippen LogP contribution is -2.45. The highest BCUT2D eigenvalue weighted by molar-refractivity contribution is 6.01. The van der Waals surface area contributed by atoms with Gasteiger partial charge in [0.1, 0.15) is 6.04 Å². The van der Waals surface area contributed by atoms with E-state index >= 15 is 0 Å². The Hall–Kier alpha value is -2.04. The molecular formula is C14H19N3O2. The molecule has 1 atom stereocenters. The van der Waals surface area contributed by atoms with E-state index in [0.717, 1.165) is 18.5 Å². The van der Waals surface area contributed by atoms with Crippen LogP contribution in [0.15, 0.2) is 24.3 Å². The molecule has 0 aromatic heterocycles. The summed E-state index contributed by atoms with van der Waals surface area (Å²) in [5.41, 5.74) is 1.28. The molecule has 1 aromatic carbocycles. The summed E-state index contributed by atoms with van der Waals surface area (Å²) in [5, 5.41) is 8.54. The molecule has 3 N–H and O–H groups in total. The highest BCUT2D eigenvalue weighted by Gasteiger charge is 2.26. The number of hydrogen-bond donors (Lipinski definition) is 3. The second-order valence-electron chi connectivity index (χ2n) is 4.77. The van der Waals surface area contributed by atoms with E-state index in [4.69, 9.17) is 0 Å². The second-order valence-corrected chi connectivity index (χ2v) is 4.77. The van der Waals surface area contributed by atoms with Crippen molar-refractivity contribution in [3.8, 4) is 0 Å². The molecule has 2 amide bonds. The van der Waals surface area contributed by atoms with Crippen LogP contribution in [0.3, 0.4) is 0 Å². The average molecular weight is 261 g/mol. The van der Waals surface area contributed by atoms with Crippen LogP contribution in [0.2, 0.25) is 0 Å². The number of amides is 2. The Morgan fingerprint density at radius 2 is 1.95 bits per heavy atom. The number of benzene rings is 1. The van der Waals surface area contributed by atoms with Gasteiger partial charge in [0.2, 0.25) is 5.91 Å². The molecule has 102 valence electrons. The lowest BCUT2D eigenvalue weighted by molar-refractivity contribution is -0.122. The van der Waals surface area contributed by atoms with Gasteiger partial charge in [-0.25, -0.2) is 0 Å². The molecule has 5 heteroatoms. The summed E-state index contributed by atoms with van der Waals surface area (Å²) in [4.78, 5) is 23.9. The number of anilines is 1. The standard InChI is InChI=1S/C14H19N3O2/c1-9(13(18)17-10-7-8-10)16-14(19)11-5-3-4-6-12(11)15-2/h3-6,9-10,15H,7-8H2,1-2H3,(H,16,19)(H,17,18). The maximum Gasteiger partial charge on any atom is 0.254 e. The van der Waals surface area contributed by atoms with Crippen molar-refractivity contribution in [3.05, 3.63) is 29.8 Å². The molecule has 1 saturated carbocycles. The topological polar surface area (TPSA) is 70.2 Å². The fourth-order valence-electron chi connectivity index (χ4n) is 1.79. The molecule has 1 aliphatic rings. The first-order valence-electron chi connectivity index (χ1n) is 6.50. The zero-order valence-electron chi connectivity index (χ0n) is 11.2. The van der Waals surface area contributed by atoms with Gasteiger partial charge in [-0.2, -0.15) is 0 Å². The van der Waals surface area contributed by atoms with Crippen LogP contribution in [-0.2, 0) is 4.79 Å². The van der Waals surface area contributed by atoms with Crippen molar-refractivity contribution in [3.63, 3.8) is 0 Å². The van der Waals surface area contributed by atoms with Crippen LogP contribution >= 0.6 is 0 Å². The molecule has 1 aliphatic carbocycles. The number of hydrogen-bond acceptors (Lipinski definition) is 3. The van der Waals surface area contributed by atoms with Crippen molar-refractivity contribution >= 4 is 17.5 Å². The van der Waals surface area contributed by atoms with Gasteiger partial charge in [-0.1, -0.05) is 12.1 Å². The average Bonchev–Trinajstić information content (AvgIpc) is 3.22. The number of carbonyl (C=O) groups excluding carboxylic acids is 2. The quantitative estimate of drug-likeness (QED) is 0.744. The molecule has 0 heterocycles. The monoisotopic (exact) mass is 261 g/mol. The van der Waals surface area contributed by atoms with E-state index < -0.39 is 6.04 Å². The summed E-state index contributed by atoms with van der Waals surface area (Å²) in [6, 6.07) is 6.97. The summed E-state index contributed by atoms with van der Waals surface area (Å²) in [5.74, 6) is -0.374. The minimum atomic E-state index is -0.530. The molecule has 0 bridgehead atoms. The van der Waals surface area contributed by atoms with Gasteiger partial charge in [0.25, 0.3) is 5.91 Å². The summed E-state index contributed by atoms with van der Waals surface area (Å²) >= 11 is 0. The third kappa shape index (κ3) is 3.47. The molecule has 19 heavy (non-hydrogen) atoms. The second kappa shape index (κ2) is 5.73. The Balaban J connectivity index is 1.97. The van der Waals surface area contributed by atoms with Crippen molar-refractivity contribution < 1.29 is 9.59 Å². The zero-order valence-corrected chi connectivity index (χ0v) is 11.2. The third-order valence-electron chi connectivity index (χ3n) is 3.11. The normalized spacial score (nSPS) is 15.5. The predicted molar refractivity (Wildman–Crippen MR) is 74.1 cm³/mol. The highest BCUT2D eigenvalue weighted by Crippen LogP contribution is 2.18. The Bertz CT molecular complexity index is 483. The van der Waals surface area contributed by atoms with Gasteiger partial charge in [0.15, 0.2) is 0 Å². The number of nitrogens with one attached hydrogen (secondary N) is 3. The zero-order chi connectivity index (χ0) is 13.8. The molecule has 5 nitrogen and oxygen atoms in total. The lowest BCUT2D eigenvalue weighted by Gasteiger charge is -2.15. The molecule has 0 spiro atoms. The maximum absolute atomic E-state index is 12.1. The van der Waals surface area contributed by atoms with E-state index in [1.807, 2.05) is 12.1 Å². The summed E-state index contributed by atoms with van der Waals surface area (Å²) in [6.07, 6.45) is 2.07. The van der Waals surface area contributed by atoms with Crippen LogP contribution in [0.5, 0.6) is 0 Å². The smallest absolute Gasteiger partial charge is 0.254 e. The molecule has 0 aliphatic heterocycles. The van der Waals surface area contributed by atoms with E-state index in [9.17, 15) is 9.59 Å². The molecule has 1 aromatic rings. The van der Waals surface area contributed by atoms with E-state index in [2.05, 4.69) is 16.0 Å². The van der Waals surface area contributed by atoms with Crippen molar-refractivity contribution in [2.45, 2.75) is 31.8 Å². The summed E-state index contributed by atoms with van der Waals surface area (Å²) in [7, 11) is 1.76. The van der Waals surface area contributed by atoms with Crippen molar-refractivity contribution in [1.82, 2.24) is 10.6 Å². The van der Waals surface area contributed by atoms with Gasteiger partial charge in [-0.05, 0) is 31.9 Å². The van der Waals surface area contributed by atoms with Gasteiger partial charge >= 0.3 is 0 Å². The third-order valence-corrected chi connectivity index (χ3v) is 3.11. The van der Waals surface area contributed by atoms with Crippen LogP contribution in [0, 0.1) is 0 Å². The van der Waals surface area contributed by atoms with E-state index in [1.54, 1.807) is 26.1 Å². The van der Waals surface area contributed by atoms with Gasteiger partial charge in [0.05, 0.1) is 5.56 Å². The van der Waals surface area contributed by atoms with Gasteiger partial charge in [0, 0.05) is 18.8 Å². The Labute approximate surface area is 112 Å². The van der Waals surface area contributed by atoms with Crippen molar-refractivity contribution in [1.29, 1.82) is 0 Å². The predicted octanol–water partition coefficient (Wildman–Crippen LogP) is 1.13. The first-order chi connectivity index (χ1) is 9.11. The maximum atomic E-state index is 12.1. The SMILES string of the molecule is CNc1ccccc1C(=O)NC(C)C(=O)NC1CC1. The summed E-state index contributed by atoms with van der Waals surface area (Å²) in [6.45, 7) is 1.69. The van der Waals surface area contributed by atoms with E-state index in [1.165, 1.54) is 0 Å². The molecule has 0 saturated heterocycles. The molecule has 1 unspecified atom stereocenters. The van der Waals surface area contributed by atoms with Gasteiger partial charge in [-0.15, -0.1) is 0 Å². The largest absolute Gasteiger partial charge is 0.387 e. The first-order valence-corrected chi connectivity index (χ1v) is 6.50. The van der Waals surface area contributed by atoms with Gasteiger partial charge < -0.3 is 16.0 Å². The first kappa shape index (κ1) is 13.4. The van der Waals surface area contributed by atoms with Gasteiger partial charge in [-0.3, -0.25) is 9.59 Å². The highest BCUT2D eigenvalue weighted by atomic mass is 16.2. The number of carbonyl (C=O) groups is 2. The minimum Gasteiger partial charge on any atom is -0.387 e. The molecule has 0 radical (unpaired) electrons. The fourth-order valence-corrected chi connectivity index (χ4v) is 1.79. The minimum absolute atomic E-state index is 0.127. The lowest BCUT2D eigenvalue weighted by atomic mass is 10.1. The molecule has 1 fully saturated rings. The van der Waals surface area contributed by atoms with E-state index in [-0.39, 0.29) is 11.8 Å². The van der Waals surface area contributed by atoms with Crippen LogP contribution < -0.4 is 16.0 Å².